The van der Waals surface area contributed by atoms with Crippen LogP contribution in [0.1, 0.15) is 63.5 Å². The standard InChI is InChI=1S/C25H35NO4/c1-5-8-22(2,28)17-14-23-9-10-25(17,29-4)21-24(23)11-12-26(3)18(23)13-15-6-7-16(27)20(30-21)19(15)24/h6-7,17-18,21,27-28H,5,8-14H2,1-4H3. The zero-order chi connectivity index (χ0) is 21.1. The molecule has 1 saturated heterocycles. The first-order chi connectivity index (χ1) is 14.3. The van der Waals surface area contributed by atoms with Gasteiger partial charge in [0.1, 0.15) is 11.7 Å². The Labute approximate surface area is 179 Å². The first kappa shape index (κ1) is 19.4. The number of aliphatic hydroxyl groups is 1. The van der Waals surface area contributed by atoms with Crippen LogP contribution in [0.3, 0.4) is 0 Å². The molecule has 4 bridgehead atoms. The van der Waals surface area contributed by atoms with E-state index in [0.29, 0.717) is 11.8 Å². The normalized spacial score (nSPS) is 45.0. The number of methoxy groups -OCH3 is 1. The number of benzene rings is 1. The molecule has 2 heterocycles. The minimum atomic E-state index is -0.798. The van der Waals surface area contributed by atoms with Crippen molar-refractivity contribution in [3.8, 4) is 11.5 Å². The summed E-state index contributed by atoms with van der Waals surface area (Å²) < 4.78 is 13.2. The van der Waals surface area contributed by atoms with Gasteiger partial charge in [-0.1, -0.05) is 19.4 Å². The summed E-state index contributed by atoms with van der Waals surface area (Å²) in [6.45, 7) is 5.19. The van der Waals surface area contributed by atoms with Gasteiger partial charge in [0.25, 0.3) is 0 Å². The highest BCUT2D eigenvalue weighted by Gasteiger charge is 2.81. The van der Waals surface area contributed by atoms with E-state index in [1.165, 1.54) is 11.1 Å². The zero-order valence-corrected chi connectivity index (χ0v) is 18.7. The third-order valence-corrected chi connectivity index (χ3v) is 10.1. The van der Waals surface area contributed by atoms with Crippen molar-refractivity contribution in [3.05, 3.63) is 23.3 Å². The fourth-order valence-electron chi connectivity index (χ4n) is 9.09. The van der Waals surface area contributed by atoms with Crippen molar-refractivity contribution in [2.75, 3.05) is 20.7 Å². The molecule has 4 fully saturated rings. The molecular formula is C25H35NO4. The fraction of sp³-hybridized carbons (Fsp3) is 0.760. The van der Waals surface area contributed by atoms with Crippen molar-refractivity contribution < 1.29 is 19.7 Å². The number of hydrogen-bond donors (Lipinski definition) is 2. The molecule has 7 unspecified atom stereocenters. The largest absolute Gasteiger partial charge is 0.504 e. The molecule has 0 amide bonds. The smallest absolute Gasteiger partial charge is 0.165 e. The summed E-state index contributed by atoms with van der Waals surface area (Å²) in [6, 6.07) is 4.37. The Kier molecular flexibility index (Phi) is 3.70. The second kappa shape index (κ2) is 5.73. The van der Waals surface area contributed by atoms with Gasteiger partial charge in [0.15, 0.2) is 11.5 Å². The molecule has 4 aliphatic carbocycles. The van der Waals surface area contributed by atoms with Crippen molar-refractivity contribution in [1.82, 2.24) is 4.90 Å². The molecule has 0 radical (unpaired) electrons. The van der Waals surface area contributed by atoms with E-state index in [1.807, 2.05) is 20.1 Å². The Morgan fingerprint density at radius 1 is 1.30 bits per heavy atom. The number of likely N-dealkylation sites (tertiary alicyclic amines) is 1. The molecule has 30 heavy (non-hydrogen) atoms. The van der Waals surface area contributed by atoms with Crippen LogP contribution in [0.15, 0.2) is 12.1 Å². The summed E-state index contributed by atoms with van der Waals surface area (Å²) in [5.74, 6) is 0.977. The van der Waals surface area contributed by atoms with E-state index < -0.39 is 11.2 Å². The third-order valence-electron chi connectivity index (χ3n) is 10.1. The molecular weight excluding hydrogens is 378 g/mol. The Balaban J connectivity index is 1.64. The van der Waals surface area contributed by atoms with Crippen LogP contribution in [-0.2, 0) is 16.6 Å². The van der Waals surface area contributed by atoms with Crippen molar-refractivity contribution >= 4 is 0 Å². The van der Waals surface area contributed by atoms with Gasteiger partial charge in [-0.2, -0.15) is 0 Å². The van der Waals surface area contributed by atoms with Crippen LogP contribution in [-0.4, -0.2) is 59.2 Å². The van der Waals surface area contributed by atoms with Gasteiger partial charge in [-0.05, 0) is 70.7 Å². The molecule has 2 N–H and O–H groups in total. The number of hydrogen-bond acceptors (Lipinski definition) is 5. The van der Waals surface area contributed by atoms with E-state index in [1.54, 1.807) is 0 Å². The molecule has 1 aromatic carbocycles. The van der Waals surface area contributed by atoms with Crippen molar-refractivity contribution in [3.63, 3.8) is 0 Å². The van der Waals surface area contributed by atoms with Gasteiger partial charge in [-0.15, -0.1) is 0 Å². The van der Waals surface area contributed by atoms with Gasteiger partial charge in [-0.25, -0.2) is 0 Å². The molecule has 0 aromatic heterocycles. The minimum Gasteiger partial charge on any atom is -0.504 e. The summed E-state index contributed by atoms with van der Waals surface area (Å²) in [4.78, 5) is 2.56. The molecule has 1 aromatic rings. The van der Waals surface area contributed by atoms with Gasteiger partial charge in [0.05, 0.1) is 5.60 Å². The predicted octanol–water partition coefficient (Wildman–Crippen LogP) is 3.39. The van der Waals surface area contributed by atoms with E-state index in [-0.39, 0.29) is 28.6 Å². The van der Waals surface area contributed by atoms with Gasteiger partial charge in [0.2, 0.25) is 0 Å². The lowest BCUT2D eigenvalue weighted by molar-refractivity contribution is -0.301. The number of aromatic hydroxyl groups is 1. The second-order valence-electron chi connectivity index (χ2n) is 11.0. The molecule has 164 valence electrons. The Hall–Kier alpha value is -1.30. The minimum absolute atomic E-state index is 0.0221. The Morgan fingerprint density at radius 2 is 2.10 bits per heavy atom. The highest BCUT2D eigenvalue weighted by Crippen LogP contribution is 2.77. The number of phenols is 1. The molecule has 5 nitrogen and oxygen atoms in total. The van der Waals surface area contributed by atoms with E-state index in [4.69, 9.17) is 9.47 Å². The maximum atomic E-state index is 11.7. The second-order valence-corrected chi connectivity index (χ2v) is 11.0. The highest BCUT2D eigenvalue weighted by molar-refractivity contribution is 5.63. The number of ether oxygens (including phenoxy) is 2. The zero-order valence-electron chi connectivity index (χ0n) is 18.7. The van der Waals surface area contributed by atoms with Gasteiger partial charge in [-0.3, -0.25) is 0 Å². The number of nitrogens with zero attached hydrogens (tertiary/aromatic N) is 1. The van der Waals surface area contributed by atoms with Crippen LogP contribution >= 0.6 is 0 Å². The topological polar surface area (TPSA) is 62.2 Å². The number of phenolic OH excluding ortho intramolecular Hbond substituents is 1. The van der Waals surface area contributed by atoms with Gasteiger partial charge < -0.3 is 24.6 Å². The lowest BCUT2D eigenvalue weighted by atomic mass is 9.33. The summed E-state index contributed by atoms with van der Waals surface area (Å²) in [5, 5.41) is 22.5. The van der Waals surface area contributed by atoms with Crippen LogP contribution in [0, 0.1) is 11.3 Å². The molecule has 6 aliphatic rings. The van der Waals surface area contributed by atoms with E-state index in [9.17, 15) is 10.2 Å². The summed E-state index contributed by atoms with van der Waals surface area (Å²) in [7, 11) is 4.09. The SMILES string of the molecule is CCCC(C)(O)C1CC23CCC1(OC)C1Oc4c(O)ccc5c4C12CCN(C)C3C5. The molecule has 2 spiro atoms. The molecule has 5 heteroatoms. The monoisotopic (exact) mass is 413 g/mol. The van der Waals surface area contributed by atoms with Crippen LogP contribution in [0.25, 0.3) is 0 Å². The maximum Gasteiger partial charge on any atom is 0.165 e. The number of rotatable bonds is 4. The Bertz CT molecular complexity index is 915. The molecule has 7 rings (SSSR count). The maximum absolute atomic E-state index is 11.7. The lowest BCUT2D eigenvalue weighted by Crippen LogP contribution is -2.82. The molecule has 7 atom stereocenters. The van der Waals surface area contributed by atoms with Crippen molar-refractivity contribution in [2.45, 2.75) is 87.6 Å². The molecule has 2 aliphatic heterocycles. The predicted molar refractivity (Wildman–Crippen MR) is 114 cm³/mol. The van der Waals surface area contributed by atoms with E-state index in [2.05, 4.69) is 24.9 Å². The number of fused-ring (bicyclic) bond motifs is 2. The fourth-order valence-corrected chi connectivity index (χ4v) is 9.09. The lowest BCUT2D eigenvalue weighted by Gasteiger charge is -2.74. The summed E-state index contributed by atoms with van der Waals surface area (Å²) in [5.41, 5.74) is 1.21. The van der Waals surface area contributed by atoms with Crippen molar-refractivity contribution in [1.29, 1.82) is 0 Å². The number of likely N-dealkylation sites (N-methyl/N-ethyl adjacent to an activating group) is 1. The van der Waals surface area contributed by atoms with Gasteiger partial charge in [0, 0.05) is 35.5 Å². The summed E-state index contributed by atoms with van der Waals surface area (Å²) in [6.07, 6.45) is 6.57. The van der Waals surface area contributed by atoms with Gasteiger partial charge >= 0.3 is 0 Å². The quantitative estimate of drug-likeness (QED) is 0.792. The molecule has 3 saturated carbocycles. The average molecular weight is 414 g/mol. The van der Waals surface area contributed by atoms with Crippen LogP contribution < -0.4 is 4.74 Å². The van der Waals surface area contributed by atoms with Crippen LogP contribution in [0.5, 0.6) is 11.5 Å². The van der Waals surface area contributed by atoms with E-state index in [0.717, 1.165) is 51.5 Å². The van der Waals surface area contributed by atoms with Crippen molar-refractivity contribution in [2.24, 2.45) is 11.3 Å². The van der Waals surface area contributed by atoms with Crippen LogP contribution in [0.2, 0.25) is 0 Å². The first-order valence-electron chi connectivity index (χ1n) is 11.8. The highest BCUT2D eigenvalue weighted by atomic mass is 16.6. The average Bonchev–Trinajstić information content (AvgIpc) is 3.09. The first-order valence-corrected chi connectivity index (χ1v) is 11.8. The van der Waals surface area contributed by atoms with Crippen LogP contribution in [0.4, 0.5) is 0 Å². The van der Waals surface area contributed by atoms with E-state index >= 15 is 0 Å². The number of piperidine rings is 1. The third kappa shape index (κ3) is 1.85. The Morgan fingerprint density at radius 3 is 2.83 bits per heavy atom. The summed E-state index contributed by atoms with van der Waals surface area (Å²) >= 11 is 0.